The molecule has 3 amide bonds. The first kappa shape index (κ1) is 36.2. The summed E-state index contributed by atoms with van der Waals surface area (Å²) < 4.78 is 10.2. The van der Waals surface area contributed by atoms with Crippen LogP contribution in [0.25, 0.3) is 33.6 Å². The molecule has 2 aliphatic carbocycles. The van der Waals surface area contributed by atoms with E-state index in [4.69, 9.17) is 14.5 Å². The number of amides is 3. The number of alkyl carbamates (subject to hydrolysis) is 1. The Bertz CT molecular complexity index is 2130. The fourth-order valence-electron chi connectivity index (χ4n) is 8.99. The van der Waals surface area contributed by atoms with Gasteiger partial charge in [0.15, 0.2) is 0 Å². The minimum absolute atomic E-state index is 0.0853. The molecular formula is C43H47N7O5. The van der Waals surface area contributed by atoms with E-state index in [-0.39, 0.29) is 29.7 Å². The minimum atomic E-state index is -0.883. The molecule has 12 nitrogen and oxygen atoms in total. The molecule has 8 rings (SSSR count). The van der Waals surface area contributed by atoms with Crippen LogP contribution in [-0.2, 0) is 19.1 Å². The Morgan fingerprint density at radius 3 is 2.02 bits per heavy atom. The second-order valence-corrected chi connectivity index (χ2v) is 15.0. The van der Waals surface area contributed by atoms with Crippen LogP contribution < -0.4 is 10.6 Å². The fourth-order valence-corrected chi connectivity index (χ4v) is 8.99. The normalized spacial score (nSPS) is 22.7. The van der Waals surface area contributed by atoms with Crippen molar-refractivity contribution >= 4 is 23.6 Å². The number of carbonyl (C=O) groups is 3. The van der Waals surface area contributed by atoms with Gasteiger partial charge in [-0.2, -0.15) is 0 Å². The summed E-state index contributed by atoms with van der Waals surface area (Å²) in [7, 11) is 2.77. The van der Waals surface area contributed by atoms with E-state index in [1.807, 2.05) is 36.5 Å². The van der Waals surface area contributed by atoms with Crippen LogP contribution in [0.1, 0.15) is 62.6 Å². The number of imidazole rings is 2. The number of carbonyl (C=O) groups excluding carboxylic acids is 3. The molecule has 2 saturated carbocycles. The van der Waals surface area contributed by atoms with E-state index in [1.54, 1.807) is 18.0 Å². The van der Waals surface area contributed by atoms with Crippen LogP contribution in [0.15, 0.2) is 91.3 Å². The van der Waals surface area contributed by atoms with Crippen molar-refractivity contribution in [3.8, 4) is 33.6 Å². The van der Waals surface area contributed by atoms with Crippen LogP contribution >= 0.6 is 0 Å². The molecule has 5 aromatic rings. The molecule has 4 N–H and O–H groups in total. The van der Waals surface area contributed by atoms with Gasteiger partial charge in [-0.25, -0.2) is 14.8 Å². The summed E-state index contributed by atoms with van der Waals surface area (Å²) in [6.45, 7) is 2.30. The van der Waals surface area contributed by atoms with E-state index in [9.17, 15) is 14.4 Å². The van der Waals surface area contributed by atoms with Gasteiger partial charge in [0.1, 0.15) is 17.7 Å². The number of nitrogens with one attached hydrogen (secondary N) is 4. The summed E-state index contributed by atoms with van der Waals surface area (Å²) in [5.74, 6) is 2.33. The number of hydrogen-bond donors (Lipinski definition) is 4. The number of aromatic amines is 2. The van der Waals surface area contributed by atoms with Crippen molar-refractivity contribution in [1.82, 2.24) is 30.2 Å². The Morgan fingerprint density at radius 2 is 1.38 bits per heavy atom. The molecule has 3 unspecified atom stereocenters. The van der Waals surface area contributed by atoms with Crippen molar-refractivity contribution < 1.29 is 23.9 Å². The van der Waals surface area contributed by atoms with Gasteiger partial charge in [-0.05, 0) is 85.3 Å². The topological polar surface area (TPSA) is 154 Å². The first-order valence-electron chi connectivity index (χ1n) is 19.2. The number of rotatable bonds is 11. The molecule has 0 radical (unpaired) electrons. The summed E-state index contributed by atoms with van der Waals surface area (Å²) in [5.41, 5.74) is 6.83. The number of hydrogen-bond acceptors (Lipinski definition) is 7. The monoisotopic (exact) mass is 741 g/mol. The van der Waals surface area contributed by atoms with Gasteiger partial charge < -0.3 is 35.0 Å². The van der Waals surface area contributed by atoms with Crippen molar-refractivity contribution in [2.24, 2.45) is 17.8 Å². The zero-order chi connectivity index (χ0) is 38.1. The highest BCUT2D eigenvalue weighted by atomic mass is 16.5. The molecule has 55 heavy (non-hydrogen) atoms. The molecule has 0 spiro atoms. The highest BCUT2D eigenvalue weighted by Gasteiger charge is 2.52. The van der Waals surface area contributed by atoms with Crippen molar-refractivity contribution in [2.45, 2.75) is 63.1 Å². The Morgan fingerprint density at radius 1 is 0.782 bits per heavy atom. The van der Waals surface area contributed by atoms with Gasteiger partial charge in [-0.15, -0.1) is 0 Å². The van der Waals surface area contributed by atoms with Crippen molar-refractivity contribution in [1.29, 1.82) is 0 Å². The summed E-state index contributed by atoms with van der Waals surface area (Å²) in [6, 6.07) is 25.3. The molecule has 1 aliphatic heterocycles. The second-order valence-electron chi connectivity index (χ2n) is 15.0. The molecule has 1 saturated heterocycles. The Hall–Kier alpha value is -5.75. The molecule has 3 heterocycles. The molecule has 2 bridgehead atoms. The molecular weight excluding hydrogens is 695 g/mol. The molecule has 3 fully saturated rings. The van der Waals surface area contributed by atoms with E-state index >= 15 is 0 Å². The van der Waals surface area contributed by atoms with Crippen LogP contribution in [-0.4, -0.2) is 75.7 Å². The lowest BCUT2D eigenvalue weighted by Crippen LogP contribution is -2.54. The van der Waals surface area contributed by atoms with Crippen LogP contribution in [0.4, 0.5) is 10.5 Å². The Labute approximate surface area is 320 Å². The fraction of sp³-hybridized carbons (Fsp3) is 0.372. The smallest absolute Gasteiger partial charge is 0.407 e. The third kappa shape index (κ3) is 7.26. The summed E-state index contributed by atoms with van der Waals surface area (Å²) in [6.07, 6.45) is 7.37. The molecule has 12 heteroatoms. The number of para-hydroxylation sites is 1. The third-order valence-electron chi connectivity index (χ3n) is 11.9. The lowest BCUT2D eigenvalue weighted by atomic mass is 9.78. The highest BCUT2D eigenvalue weighted by molar-refractivity contribution is 5.93. The number of H-pyrrole nitrogens is 2. The van der Waals surface area contributed by atoms with E-state index in [1.165, 1.54) is 14.2 Å². The van der Waals surface area contributed by atoms with Gasteiger partial charge in [0.05, 0.1) is 49.0 Å². The lowest BCUT2D eigenvalue weighted by Gasteiger charge is -2.30. The number of anilines is 1. The average Bonchev–Trinajstić information content (AvgIpc) is 4.08. The van der Waals surface area contributed by atoms with Gasteiger partial charge >= 0.3 is 6.09 Å². The zero-order valence-electron chi connectivity index (χ0n) is 31.3. The van der Waals surface area contributed by atoms with E-state index in [0.717, 1.165) is 77.3 Å². The van der Waals surface area contributed by atoms with Gasteiger partial charge in [0.25, 0.3) is 0 Å². The maximum atomic E-state index is 13.6. The predicted molar refractivity (Wildman–Crippen MR) is 209 cm³/mol. The van der Waals surface area contributed by atoms with Crippen molar-refractivity contribution in [3.05, 3.63) is 103 Å². The van der Waals surface area contributed by atoms with Gasteiger partial charge in [-0.3, -0.25) is 9.59 Å². The maximum Gasteiger partial charge on any atom is 0.407 e. The van der Waals surface area contributed by atoms with Gasteiger partial charge in [0, 0.05) is 25.3 Å². The number of methoxy groups -OCH3 is 2. The molecule has 3 aromatic carbocycles. The van der Waals surface area contributed by atoms with Crippen LogP contribution in [0.2, 0.25) is 0 Å². The SMILES string of the molecule is COC(=O)N[C@H](C(=O)N1CCCC1c1ncc(-c2ccc(-c3ccc(-c4cnc([C@@H]5C6CCC(C6)[C@H]5C(=O)Nc5ccccc5)[nH]4)cc3)cc2)[nH]1)[C@@H](C)OC. The molecule has 7 atom stereocenters. The van der Waals surface area contributed by atoms with Crippen molar-refractivity contribution in [3.63, 3.8) is 0 Å². The van der Waals surface area contributed by atoms with Gasteiger partial charge in [0.2, 0.25) is 11.8 Å². The van der Waals surface area contributed by atoms with Crippen LogP contribution in [0.3, 0.4) is 0 Å². The number of fused-ring (bicyclic) bond motifs is 2. The number of nitrogens with zero attached hydrogens (tertiary/aromatic N) is 3. The maximum absolute atomic E-state index is 13.6. The van der Waals surface area contributed by atoms with E-state index < -0.39 is 18.2 Å². The summed E-state index contributed by atoms with van der Waals surface area (Å²) >= 11 is 0. The average molecular weight is 742 g/mol. The summed E-state index contributed by atoms with van der Waals surface area (Å²) in [4.78, 5) is 57.4. The number of aromatic nitrogens is 4. The largest absolute Gasteiger partial charge is 0.453 e. The Balaban J connectivity index is 0.929. The first-order valence-corrected chi connectivity index (χ1v) is 19.2. The third-order valence-corrected chi connectivity index (χ3v) is 11.9. The minimum Gasteiger partial charge on any atom is -0.453 e. The Kier molecular flexibility index (Phi) is 10.2. The van der Waals surface area contributed by atoms with E-state index in [0.29, 0.717) is 24.2 Å². The van der Waals surface area contributed by atoms with Crippen molar-refractivity contribution in [2.75, 3.05) is 26.1 Å². The predicted octanol–water partition coefficient (Wildman–Crippen LogP) is 7.33. The van der Waals surface area contributed by atoms with E-state index in [2.05, 4.69) is 74.1 Å². The zero-order valence-corrected chi connectivity index (χ0v) is 31.3. The number of benzene rings is 3. The molecule has 284 valence electrons. The van der Waals surface area contributed by atoms with Crippen LogP contribution in [0, 0.1) is 17.8 Å². The van der Waals surface area contributed by atoms with Gasteiger partial charge in [-0.1, -0.05) is 66.7 Å². The standard InChI is InChI=1S/C43H47N7O5/c1-25(54-2)38(49-43(53)55-3)42(52)50-21-7-10-35(50)39-44-23-33(47-39)28-15-11-26(12-16-28)27-13-17-29(18-14-27)34-24-45-40(48-34)36-30-19-20-31(22-30)37(36)41(51)46-32-8-5-4-6-9-32/h4-6,8-9,11-18,23-25,30-31,35-38H,7,10,19-22H2,1-3H3,(H,44,47)(H,45,48)(H,46,51)(H,49,53)/t25-,30?,31?,35?,36-,37-,38+/m1/s1. The number of likely N-dealkylation sites (tertiary alicyclic amines) is 1. The van der Waals surface area contributed by atoms with Crippen LogP contribution in [0.5, 0.6) is 0 Å². The molecule has 2 aromatic heterocycles. The number of ether oxygens (including phenoxy) is 2. The highest BCUT2D eigenvalue weighted by Crippen LogP contribution is 2.56. The lowest BCUT2D eigenvalue weighted by molar-refractivity contribution is -0.137. The quantitative estimate of drug-likeness (QED) is 0.111. The second kappa shape index (κ2) is 15.5. The first-order chi connectivity index (χ1) is 26.8. The summed E-state index contributed by atoms with van der Waals surface area (Å²) in [5, 5.41) is 5.79. The molecule has 3 aliphatic rings.